The van der Waals surface area contributed by atoms with Gasteiger partial charge in [-0.1, -0.05) is 12.2 Å². The molecule has 3 nitrogen and oxygen atoms in total. The van der Waals surface area contributed by atoms with Crippen molar-refractivity contribution in [2.75, 3.05) is 4.90 Å². The van der Waals surface area contributed by atoms with Crippen molar-refractivity contribution in [1.29, 1.82) is 5.26 Å². The van der Waals surface area contributed by atoms with Crippen molar-refractivity contribution in [2.45, 2.75) is 25.7 Å². The summed E-state index contributed by atoms with van der Waals surface area (Å²) in [5.41, 5.74) is -6.66. The molecule has 0 saturated carbocycles. The summed E-state index contributed by atoms with van der Waals surface area (Å²) in [7, 11) is 0. The lowest BCUT2D eigenvalue weighted by Gasteiger charge is -2.38. The SMILES string of the molecule is N#Cc1c(F)c(F)c(-c2c(F)c(F)c(N3C4=C(CCC=C4)OC4=C3CCC=C4)c(F)c2F)c(F)c1F. The van der Waals surface area contributed by atoms with Gasteiger partial charge < -0.3 is 9.64 Å². The summed E-state index contributed by atoms with van der Waals surface area (Å²) in [6.07, 6.45) is 7.82. The molecule has 184 valence electrons. The third kappa shape index (κ3) is 3.24. The van der Waals surface area contributed by atoms with Crippen molar-refractivity contribution in [3.8, 4) is 17.2 Å². The number of hydrogen-bond acceptors (Lipinski definition) is 3. The van der Waals surface area contributed by atoms with Crippen LogP contribution in [0.5, 0.6) is 0 Å². The van der Waals surface area contributed by atoms with E-state index in [4.69, 9.17) is 10.00 Å². The summed E-state index contributed by atoms with van der Waals surface area (Å²) in [5.74, 6) is -17.5. The summed E-state index contributed by atoms with van der Waals surface area (Å²) in [6, 6.07) is 0.875. The van der Waals surface area contributed by atoms with Gasteiger partial charge in [-0.05, 0) is 31.4 Å². The lowest BCUT2D eigenvalue weighted by atomic mass is 9.97. The molecule has 2 aromatic rings. The van der Waals surface area contributed by atoms with E-state index in [0.29, 0.717) is 19.3 Å². The minimum atomic E-state index is -2.39. The molecule has 36 heavy (non-hydrogen) atoms. The number of hydrogen-bond donors (Lipinski definition) is 0. The Hall–Kier alpha value is -4.07. The predicted octanol–water partition coefficient (Wildman–Crippen LogP) is 7.30. The van der Waals surface area contributed by atoms with Gasteiger partial charge in [-0.3, -0.25) is 0 Å². The van der Waals surface area contributed by atoms with Crippen LogP contribution < -0.4 is 4.90 Å². The van der Waals surface area contributed by atoms with E-state index in [1.54, 1.807) is 12.2 Å². The number of benzene rings is 2. The van der Waals surface area contributed by atoms with E-state index >= 15 is 17.6 Å². The van der Waals surface area contributed by atoms with Gasteiger partial charge >= 0.3 is 0 Å². The van der Waals surface area contributed by atoms with Crippen molar-refractivity contribution in [2.24, 2.45) is 0 Å². The topological polar surface area (TPSA) is 36.3 Å². The third-order valence-electron chi connectivity index (χ3n) is 6.03. The zero-order chi connectivity index (χ0) is 25.9. The fourth-order valence-corrected chi connectivity index (χ4v) is 4.40. The smallest absolute Gasteiger partial charge is 0.186 e. The number of anilines is 1. The van der Waals surface area contributed by atoms with Crippen LogP contribution in [-0.4, -0.2) is 0 Å². The van der Waals surface area contributed by atoms with Gasteiger partial charge in [-0.15, -0.1) is 0 Å². The number of nitriles is 1. The Bertz CT molecular complexity index is 1460. The van der Waals surface area contributed by atoms with Crippen LogP contribution in [0, 0.1) is 57.9 Å². The van der Waals surface area contributed by atoms with Crippen LogP contribution >= 0.6 is 0 Å². The Labute approximate surface area is 198 Å². The van der Waals surface area contributed by atoms with Gasteiger partial charge in [0, 0.05) is 6.42 Å². The molecule has 2 aromatic carbocycles. The van der Waals surface area contributed by atoms with Gasteiger partial charge in [0.15, 0.2) is 46.5 Å². The molecule has 0 spiro atoms. The minimum absolute atomic E-state index is 0.104. The van der Waals surface area contributed by atoms with E-state index in [2.05, 4.69) is 0 Å². The maximum absolute atomic E-state index is 15.5. The summed E-state index contributed by atoms with van der Waals surface area (Å²) in [6.45, 7) is 0. The third-order valence-corrected chi connectivity index (χ3v) is 6.03. The highest BCUT2D eigenvalue weighted by atomic mass is 19.2. The second-order valence-corrected chi connectivity index (χ2v) is 8.04. The van der Waals surface area contributed by atoms with Crippen LogP contribution in [0.3, 0.4) is 0 Å². The van der Waals surface area contributed by atoms with Gasteiger partial charge in [0.1, 0.15) is 28.8 Å². The molecule has 1 aliphatic heterocycles. The van der Waals surface area contributed by atoms with Crippen LogP contribution in [0.15, 0.2) is 47.2 Å². The Balaban J connectivity index is 1.80. The highest BCUT2D eigenvalue weighted by Gasteiger charge is 2.39. The quantitative estimate of drug-likeness (QED) is 0.316. The van der Waals surface area contributed by atoms with Crippen LogP contribution in [0.25, 0.3) is 11.1 Å². The standard InChI is InChI=1S/C25H12F8N2O/c26-17-10(9-34)18(27)20(29)15(19(17)28)16-21(30)23(32)25(24(33)22(16)31)35-11-5-1-3-7-13(11)36-14-8-4-2-6-12(14)35/h1,4-5,8H,2-3,6-7H2. The minimum Gasteiger partial charge on any atom is -0.458 e. The Morgan fingerprint density at radius 1 is 0.694 bits per heavy atom. The van der Waals surface area contributed by atoms with E-state index in [1.165, 1.54) is 12.2 Å². The maximum Gasteiger partial charge on any atom is 0.186 e. The van der Waals surface area contributed by atoms with Crippen LogP contribution in [0.2, 0.25) is 0 Å². The lowest BCUT2D eigenvalue weighted by molar-refractivity contribution is 0.280. The number of halogens is 8. The Morgan fingerprint density at radius 2 is 1.22 bits per heavy atom. The van der Waals surface area contributed by atoms with Gasteiger partial charge in [0.05, 0.1) is 22.5 Å². The molecule has 3 aliphatic rings. The van der Waals surface area contributed by atoms with E-state index in [1.807, 2.05) is 0 Å². The molecule has 0 saturated heterocycles. The number of nitrogens with zero attached hydrogens (tertiary/aromatic N) is 2. The van der Waals surface area contributed by atoms with Crippen molar-refractivity contribution in [3.63, 3.8) is 0 Å². The average molecular weight is 508 g/mol. The fraction of sp³-hybridized carbons (Fsp3) is 0.160. The molecule has 2 aliphatic carbocycles. The van der Waals surface area contributed by atoms with E-state index in [9.17, 15) is 17.6 Å². The van der Waals surface area contributed by atoms with Gasteiger partial charge in [-0.2, -0.15) is 5.26 Å². The van der Waals surface area contributed by atoms with E-state index < -0.39 is 68.9 Å². The summed E-state index contributed by atoms with van der Waals surface area (Å²) in [4.78, 5) is 0.931. The van der Waals surface area contributed by atoms with E-state index in [-0.39, 0.29) is 29.3 Å². The first-order valence-electron chi connectivity index (χ1n) is 10.6. The van der Waals surface area contributed by atoms with Crippen molar-refractivity contribution < 1.29 is 39.9 Å². The normalized spacial score (nSPS) is 16.7. The highest BCUT2D eigenvalue weighted by Crippen LogP contribution is 2.46. The predicted molar refractivity (Wildman–Crippen MR) is 111 cm³/mol. The number of rotatable bonds is 2. The van der Waals surface area contributed by atoms with Crippen molar-refractivity contribution in [1.82, 2.24) is 0 Å². The molecule has 0 radical (unpaired) electrons. The molecule has 0 unspecified atom stereocenters. The average Bonchev–Trinajstić information content (AvgIpc) is 2.88. The number of ether oxygens (including phenoxy) is 1. The maximum atomic E-state index is 15.5. The van der Waals surface area contributed by atoms with Gasteiger partial charge in [0.2, 0.25) is 0 Å². The molecule has 0 aromatic heterocycles. The molecular formula is C25H12F8N2O. The molecule has 0 bridgehead atoms. The molecule has 0 atom stereocenters. The van der Waals surface area contributed by atoms with E-state index in [0.717, 1.165) is 11.0 Å². The van der Waals surface area contributed by atoms with Gasteiger partial charge in [-0.25, -0.2) is 35.1 Å². The first kappa shape index (κ1) is 23.7. The molecule has 0 amide bonds. The monoisotopic (exact) mass is 508 g/mol. The summed E-state index contributed by atoms with van der Waals surface area (Å²) in [5, 5.41) is 8.71. The summed E-state index contributed by atoms with van der Waals surface area (Å²) < 4.78 is 125. The second kappa shape index (κ2) is 8.55. The Morgan fingerprint density at radius 3 is 1.81 bits per heavy atom. The zero-order valence-electron chi connectivity index (χ0n) is 18.0. The largest absolute Gasteiger partial charge is 0.458 e. The Kier molecular flexibility index (Phi) is 5.62. The van der Waals surface area contributed by atoms with Crippen LogP contribution in [0.4, 0.5) is 40.8 Å². The first-order valence-corrected chi connectivity index (χ1v) is 10.6. The van der Waals surface area contributed by atoms with Gasteiger partial charge in [0.25, 0.3) is 0 Å². The summed E-state index contributed by atoms with van der Waals surface area (Å²) >= 11 is 0. The fourth-order valence-electron chi connectivity index (χ4n) is 4.40. The molecule has 1 heterocycles. The molecule has 5 rings (SSSR count). The van der Waals surface area contributed by atoms with Crippen molar-refractivity contribution >= 4 is 5.69 Å². The molecule has 0 N–H and O–H groups in total. The second-order valence-electron chi connectivity index (χ2n) is 8.04. The van der Waals surface area contributed by atoms with Crippen molar-refractivity contribution in [3.05, 3.63) is 99.3 Å². The lowest BCUT2D eigenvalue weighted by Crippen LogP contribution is -2.32. The molecule has 0 fully saturated rings. The molecule has 11 heteroatoms. The highest BCUT2D eigenvalue weighted by molar-refractivity contribution is 5.74. The first-order chi connectivity index (χ1) is 17.2. The molecular weight excluding hydrogens is 496 g/mol. The van der Waals surface area contributed by atoms with Crippen LogP contribution in [-0.2, 0) is 4.74 Å². The number of allylic oxidation sites excluding steroid dienone is 6. The van der Waals surface area contributed by atoms with Crippen LogP contribution in [0.1, 0.15) is 31.2 Å². The zero-order valence-corrected chi connectivity index (χ0v) is 18.0.